The molecule has 0 aromatic heterocycles. The summed E-state index contributed by atoms with van der Waals surface area (Å²) in [7, 11) is 0. The van der Waals surface area contributed by atoms with E-state index < -0.39 is 17.8 Å². The molecule has 1 unspecified atom stereocenters. The lowest BCUT2D eigenvalue weighted by atomic mass is 9.96. The molecule has 2 rings (SSSR count). The van der Waals surface area contributed by atoms with Crippen LogP contribution in [0.25, 0.3) is 0 Å². The van der Waals surface area contributed by atoms with Crippen molar-refractivity contribution in [1.29, 1.82) is 0 Å². The Morgan fingerprint density at radius 1 is 0.950 bits per heavy atom. The summed E-state index contributed by atoms with van der Waals surface area (Å²) in [6, 6.07) is 9.07. The molecular weight excluding hydrogens is 312 g/mol. The van der Waals surface area contributed by atoms with Crippen molar-refractivity contribution in [2.75, 3.05) is 0 Å². The summed E-state index contributed by atoms with van der Waals surface area (Å²) in [4.78, 5) is 0. The standard InChI is InChI=1S/C14H9Cl2F3O/c15-8-5-6-10(12(16)7-8)13(20)9-3-1-2-4-11(9)14(17,18)19/h1-7,13,20H. The lowest BCUT2D eigenvalue weighted by Crippen LogP contribution is -2.12. The number of rotatable bonds is 2. The average Bonchev–Trinajstić information content (AvgIpc) is 2.37. The first-order chi connectivity index (χ1) is 9.30. The molecule has 1 N–H and O–H groups in total. The molecule has 106 valence electrons. The fraction of sp³-hybridized carbons (Fsp3) is 0.143. The largest absolute Gasteiger partial charge is 0.416 e. The number of aliphatic hydroxyl groups is 1. The Bertz CT molecular complexity index is 626. The van der Waals surface area contributed by atoms with Gasteiger partial charge in [-0.05, 0) is 23.8 Å². The van der Waals surface area contributed by atoms with E-state index in [1.165, 1.54) is 36.4 Å². The molecule has 1 nitrogen and oxygen atoms in total. The van der Waals surface area contributed by atoms with E-state index in [0.29, 0.717) is 5.02 Å². The fourth-order valence-corrected chi connectivity index (χ4v) is 2.40. The number of hydrogen-bond acceptors (Lipinski definition) is 1. The predicted octanol–water partition coefficient (Wildman–Crippen LogP) is 5.09. The molecule has 6 heteroatoms. The van der Waals surface area contributed by atoms with Crippen LogP contribution in [0.15, 0.2) is 42.5 Å². The van der Waals surface area contributed by atoms with Crippen LogP contribution in [0.3, 0.4) is 0 Å². The van der Waals surface area contributed by atoms with Crippen molar-refractivity contribution < 1.29 is 18.3 Å². The van der Waals surface area contributed by atoms with E-state index in [0.717, 1.165) is 6.07 Å². The minimum absolute atomic E-state index is 0.113. The minimum Gasteiger partial charge on any atom is -0.384 e. The van der Waals surface area contributed by atoms with Crippen LogP contribution in [0.4, 0.5) is 13.2 Å². The second-order valence-corrected chi connectivity index (χ2v) is 5.00. The summed E-state index contributed by atoms with van der Waals surface area (Å²) >= 11 is 11.6. The van der Waals surface area contributed by atoms with E-state index in [-0.39, 0.29) is 16.1 Å². The average molecular weight is 321 g/mol. The molecule has 20 heavy (non-hydrogen) atoms. The first-order valence-electron chi connectivity index (χ1n) is 5.60. The zero-order valence-corrected chi connectivity index (χ0v) is 11.5. The Morgan fingerprint density at radius 2 is 1.60 bits per heavy atom. The van der Waals surface area contributed by atoms with Crippen molar-refractivity contribution in [3.63, 3.8) is 0 Å². The molecule has 0 fully saturated rings. The lowest BCUT2D eigenvalue weighted by Gasteiger charge is -2.18. The zero-order chi connectivity index (χ0) is 14.9. The summed E-state index contributed by atoms with van der Waals surface area (Å²) in [5, 5.41) is 10.6. The molecule has 0 saturated heterocycles. The Morgan fingerprint density at radius 3 is 2.20 bits per heavy atom. The third kappa shape index (κ3) is 3.08. The number of alkyl halides is 3. The third-order valence-corrected chi connectivity index (χ3v) is 3.38. The Balaban J connectivity index is 2.51. The molecule has 1 atom stereocenters. The Hall–Kier alpha value is -1.23. The highest BCUT2D eigenvalue weighted by molar-refractivity contribution is 6.35. The SMILES string of the molecule is OC(c1ccc(Cl)cc1Cl)c1ccccc1C(F)(F)F. The first kappa shape index (κ1) is 15.2. The summed E-state index contributed by atoms with van der Waals surface area (Å²) in [5.41, 5.74) is -0.962. The predicted molar refractivity (Wildman–Crippen MR) is 72.0 cm³/mol. The Labute approximate surface area is 123 Å². The first-order valence-corrected chi connectivity index (χ1v) is 6.35. The van der Waals surface area contributed by atoms with Gasteiger partial charge in [-0.15, -0.1) is 0 Å². The van der Waals surface area contributed by atoms with Gasteiger partial charge in [0.1, 0.15) is 6.10 Å². The van der Waals surface area contributed by atoms with Crippen LogP contribution in [-0.4, -0.2) is 5.11 Å². The topological polar surface area (TPSA) is 20.2 Å². The van der Waals surface area contributed by atoms with Crippen molar-refractivity contribution in [3.8, 4) is 0 Å². The zero-order valence-electron chi connectivity index (χ0n) is 9.96. The van der Waals surface area contributed by atoms with Crippen molar-refractivity contribution in [1.82, 2.24) is 0 Å². The molecule has 0 bridgehead atoms. The molecule has 2 aromatic rings. The normalized spacial score (nSPS) is 13.3. The number of benzene rings is 2. The smallest absolute Gasteiger partial charge is 0.384 e. The third-order valence-electron chi connectivity index (χ3n) is 2.82. The number of hydrogen-bond donors (Lipinski definition) is 1. The fourth-order valence-electron chi connectivity index (χ4n) is 1.88. The maximum atomic E-state index is 12.9. The molecule has 0 spiro atoms. The van der Waals surface area contributed by atoms with E-state index in [9.17, 15) is 18.3 Å². The Kier molecular flexibility index (Phi) is 4.28. The van der Waals surface area contributed by atoms with E-state index in [1.807, 2.05) is 0 Å². The highest BCUT2D eigenvalue weighted by Gasteiger charge is 2.35. The van der Waals surface area contributed by atoms with Gasteiger partial charge in [0.05, 0.1) is 5.56 Å². The van der Waals surface area contributed by atoms with Crippen LogP contribution in [0.1, 0.15) is 22.8 Å². The van der Waals surface area contributed by atoms with Crippen LogP contribution < -0.4 is 0 Å². The van der Waals surface area contributed by atoms with Gasteiger partial charge in [-0.25, -0.2) is 0 Å². The minimum atomic E-state index is -4.55. The molecule has 0 aliphatic carbocycles. The van der Waals surface area contributed by atoms with Crippen molar-refractivity contribution in [3.05, 3.63) is 69.2 Å². The summed E-state index contributed by atoms with van der Waals surface area (Å²) in [6.45, 7) is 0. The van der Waals surface area contributed by atoms with E-state index >= 15 is 0 Å². The monoisotopic (exact) mass is 320 g/mol. The van der Waals surface area contributed by atoms with Crippen molar-refractivity contribution >= 4 is 23.2 Å². The van der Waals surface area contributed by atoms with Gasteiger partial charge in [-0.2, -0.15) is 13.2 Å². The van der Waals surface area contributed by atoms with Crippen LogP contribution in [-0.2, 0) is 6.18 Å². The van der Waals surface area contributed by atoms with Crippen LogP contribution >= 0.6 is 23.2 Å². The van der Waals surface area contributed by atoms with Gasteiger partial charge < -0.3 is 5.11 Å². The molecule has 0 aliphatic heterocycles. The van der Waals surface area contributed by atoms with Crippen molar-refractivity contribution in [2.45, 2.75) is 12.3 Å². The second-order valence-electron chi connectivity index (χ2n) is 4.15. The molecule has 2 aromatic carbocycles. The van der Waals surface area contributed by atoms with Gasteiger partial charge in [0, 0.05) is 15.6 Å². The summed E-state index contributed by atoms with van der Waals surface area (Å²) < 4.78 is 38.8. The van der Waals surface area contributed by atoms with Gasteiger partial charge in [0.25, 0.3) is 0 Å². The molecule has 0 radical (unpaired) electrons. The molecular formula is C14H9Cl2F3O. The summed E-state index contributed by atoms with van der Waals surface area (Å²) in [6.07, 6.45) is -6.02. The highest BCUT2D eigenvalue weighted by atomic mass is 35.5. The molecule has 0 heterocycles. The number of halogens is 5. The van der Waals surface area contributed by atoms with Crippen LogP contribution in [0.2, 0.25) is 10.0 Å². The van der Waals surface area contributed by atoms with Crippen LogP contribution in [0.5, 0.6) is 0 Å². The van der Waals surface area contributed by atoms with Gasteiger partial charge in [0.2, 0.25) is 0 Å². The second kappa shape index (κ2) is 5.64. The maximum absolute atomic E-state index is 12.9. The van der Waals surface area contributed by atoms with Gasteiger partial charge >= 0.3 is 6.18 Å². The van der Waals surface area contributed by atoms with Gasteiger partial charge in [-0.3, -0.25) is 0 Å². The van der Waals surface area contributed by atoms with Gasteiger partial charge in [0.15, 0.2) is 0 Å². The summed E-state index contributed by atoms with van der Waals surface area (Å²) in [5.74, 6) is 0. The lowest BCUT2D eigenvalue weighted by molar-refractivity contribution is -0.139. The highest BCUT2D eigenvalue weighted by Crippen LogP contribution is 2.38. The van der Waals surface area contributed by atoms with Crippen LogP contribution in [0, 0.1) is 0 Å². The van der Waals surface area contributed by atoms with E-state index in [1.54, 1.807) is 0 Å². The van der Waals surface area contributed by atoms with Crippen molar-refractivity contribution in [2.24, 2.45) is 0 Å². The van der Waals surface area contributed by atoms with E-state index in [4.69, 9.17) is 23.2 Å². The van der Waals surface area contributed by atoms with Gasteiger partial charge in [-0.1, -0.05) is 47.5 Å². The molecule has 0 aliphatic rings. The quantitative estimate of drug-likeness (QED) is 0.816. The number of aliphatic hydroxyl groups excluding tert-OH is 1. The molecule has 0 amide bonds. The van der Waals surface area contributed by atoms with E-state index in [2.05, 4.69) is 0 Å². The maximum Gasteiger partial charge on any atom is 0.416 e. The molecule has 0 saturated carbocycles.